The van der Waals surface area contributed by atoms with Crippen LogP contribution in [0.1, 0.15) is 60.9 Å². The van der Waals surface area contributed by atoms with Crippen LogP contribution in [0, 0.1) is 5.92 Å². The predicted octanol–water partition coefficient (Wildman–Crippen LogP) is 4.24. The maximum Gasteiger partial charge on any atom is 0.422 e. The van der Waals surface area contributed by atoms with Crippen molar-refractivity contribution in [2.24, 2.45) is 11.7 Å². The van der Waals surface area contributed by atoms with Gasteiger partial charge in [-0.25, -0.2) is 13.1 Å². The number of sulfonamides is 1. The summed E-state index contributed by atoms with van der Waals surface area (Å²) in [6.45, 7) is -1.48. The minimum absolute atomic E-state index is 0.0220. The molecular formula is C32H34ClF3N8O5S. The number of nitrogens with two attached hydrogens (primary N) is 1. The minimum atomic E-state index is -4.63. The van der Waals surface area contributed by atoms with E-state index in [0.717, 1.165) is 31.2 Å². The summed E-state index contributed by atoms with van der Waals surface area (Å²) in [5.74, 6) is -1.12. The summed E-state index contributed by atoms with van der Waals surface area (Å²) in [4.78, 5) is 39.5. The van der Waals surface area contributed by atoms with E-state index in [2.05, 4.69) is 30.3 Å². The van der Waals surface area contributed by atoms with Gasteiger partial charge >= 0.3 is 12.2 Å². The molecule has 5 N–H and O–H groups in total. The number of likely N-dealkylation sites (tertiary alicyclic amines) is 1. The van der Waals surface area contributed by atoms with Gasteiger partial charge in [-0.1, -0.05) is 23.7 Å². The van der Waals surface area contributed by atoms with Crippen molar-refractivity contribution in [3.8, 4) is 6.01 Å². The van der Waals surface area contributed by atoms with Gasteiger partial charge in [-0.15, -0.1) is 0 Å². The number of rotatable bonds is 13. The van der Waals surface area contributed by atoms with Crippen LogP contribution in [0.3, 0.4) is 0 Å². The molecule has 4 aliphatic rings. The molecule has 1 aromatic heterocycles. The quantitative estimate of drug-likeness (QED) is 0.197. The van der Waals surface area contributed by atoms with Gasteiger partial charge < -0.3 is 21.1 Å². The van der Waals surface area contributed by atoms with Gasteiger partial charge in [0.25, 0.3) is 5.91 Å². The normalized spacial score (nSPS) is 23.2. The highest BCUT2D eigenvalue weighted by Gasteiger charge is 2.60. The van der Waals surface area contributed by atoms with E-state index in [4.69, 9.17) is 22.1 Å². The van der Waals surface area contributed by atoms with Crippen molar-refractivity contribution < 1.29 is 35.9 Å². The molecular weight excluding hydrogens is 701 g/mol. The molecule has 50 heavy (non-hydrogen) atoms. The van der Waals surface area contributed by atoms with Crippen LogP contribution in [0.25, 0.3) is 0 Å². The van der Waals surface area contributed by atoms with Crippen LogP contribution in [0.4, 0.5) is 30.8 Å². The summed E-state index contributed by atoms with van der Waals surface area (Å²) in [6, 6.07) is 11.9. The van der Waals surface area contributed by atoms with Gasteiger partial charge in [0, 0.05) is 28.9 Å². The lowest BCUT2D eigenvalue weighted by atomic mass is 9.80. The summed E-state index contributed by atoms with van der Waals surface area (Å²) in [7, 11) is -4.11. The van der Waals surface area contributed by atoms with Crippen LogP contribution in [-0.2, 0) is 20.4 Å². The number of nitrogens with zero attached hydrogens (tertiary/aromatic N) is 4. The Morgan fingerprint density at radius 2 is 1.66 bits per heavy atom. The monoisotopic (exact) mass is 734 g/mol. The van der Waals surface area contributed by atoms with Crippen molar-refractivity contribution in [1.82, 2.24) is 24.6 Å². The molecule has 2 amide bonds. The third-order valence-electron chi connectivity index (χ3n) is 10.0. The van der Waals surface area contributed by atoms with Crippen molar-refractivity contribution in [3.05, 3.63) is 64.7 Å². The van der Waals surface area contributed by atoms with Crippen molar-refractivity contribution in [3.63, 3.8) is 0 Å². The number of hydrogen-bond acceptors (Lipinski definition) is 11. The van der Waals surface area contributed by atoms with Crippen LogP contribution in [0.2, 0.25) is 5.02 Å². The van der Waals surface area contributed by atoms with Gasteiger partial charge in [0.2, 0.25) is 27.8 Å². The lowest BCUT2D eigenvalue weighted by Gasteiger charge is -2.38. The standard InChI is InChI=1S/C32H34ClF3N8O5S/c33-21-6-4-20(5-7-21)31(13-14-31)42-28-39-27(40-29(41-28)49-17-32(34,35)36)38-22-8-1-18(2-9-22)26(46)43-50(47,48)30(11-12-30)16-44-23-10-3-19(23)15-24(44)25(37)45/h1-2,4-9,19,23-24H,3,10-17H2,(H2,37,45)(H,43,46)(H2,38,39,40,41,42)/t19-,23-,24-/m0/s1. The largest absolute Gasteiger partial charge is 0.454 e. The van der Waals surface area contributed by atoms with Gasteiger partial charge in [-0.2, -0.15) is 28.1 Å². The molecule has 7 rings (SSSR count). The number of fused-ring (bicyclic) bond motifs is 1. The number of alkyl halides is 3. The fourth-order valence-electron chi connectivity index (χ4n) is 6.80. The number of carbonyl (C=O) groups excluding carboxylic acids is 2. The summed E-state index contributed by atoms with van der Waals surface area (Å²) < 4.78 is 71.6. The highest BCUT2D eigenvalue weighted by atomic mass is 35.5. The van der Waals surface area contributed by atoms with E-state index in [0.29, 0.717) is 35.9 Å². The van der Waals surface area contributed by atoms with E-state index < -0.39 is 57.0 Å². The summed E-state index contributed by atoms with van der Waals surface area (Å²) in [5, 5.41) is 6.62. The molecule has 1 aliphatic heterocycles. The van der Waals surface area contributed by atoms with Crippen molar-refractivity contribution in [2.75, 3.05) is 23.8 Å². The lowest BCUT2D eigenvalue weighted by Crippen LogP contribution is -2.53. The topological polar surface area (TPSA) is 182 Å². The first-order valence-corrected chi connectivity index (χ1v) is 18.0. The van der Waals surface area contributed by atoms with Crippen molar-refractivity contribution in [1.29, 1.82) is 0 Å². The smallest absolute Gasteiger partial charge is 0.422 e. The van der Waals surface area contributed by atoms with Crippen LogP contribution in [0.5, 0.6) is 6.01 Å². The molecule has 0 spiro atoms. The number of hydrogen-bond donors (Lipinski definition) is 4. The molecule has 3 atom stereocenters. The Morgan fingerprint density at radius 1 is 0.980 bits per heavy atom. The molecule has 0 bridgehead atoms. The van der Waals surface area contributed by atoms with Gasteiger partial charge in [0.15, 0.2) is 6.61 Å². The van der Waals surface area contributed by atoms with Crippen molar-refractivity contribution in [2.45, 2.75) is 73.5 Å². The van der Waals surface area contributed by atoms with Crippen LogP contribution in [0.15, 0.2) is 48.5 Å². The second kappa shape index (κ2) is 12.5. The second-order valence-electron chi connectivity index (χ2n) is 13.4. The predicted molar refractivity (Wildman–Crippen MR) is 176 cm³/mol. The molecule has 2 heterocycles. The molecule has 4 fully saturated rings. The number of carbonyl (C=O) groups is 2. The molecule has 3 saturated carbocycles. The number of halogens is 4. The fourth-order valence-corrected chi connectivity index (χ4v) is 8.47. The first kappa shape index (κ1) is 34.2. The van der Waals surface area contributed by atoms with E-state index in [9.17, 15) is 31.2 Å². The number of primary amides is 1. The summed E-state index contributed by atoms with van der Waals surface area (Å²) in [5.41, 5.74) is 6.39. The van der Waals surface area contributed by atoms with E-state index in [1.54, 1.807) is 12.1 Å². The molecule has 13 nitrogen and oxygen atoms in total. The second-order valence-corrected chi connectivity index (χ2v) is 15.9. The zero-order chi connectivity index (χ0) is 35.5. The summed E-state index contributed by atoms with van der Waals surface area (Å²) >= 11 is 6.03. The van der Waals surface area contributed by atoms with Gasteiger partial charge in [-0.3, -0.25) is 14.5 Å². The lowest BCUT2D eigenvalue weighted by molar-refractivity contribution is -0.154. The molecule has 3 aliphatic carbocycles. The van der Waals surface area contributed by atoms with Crippen molar-refractivity contribution >= 4 is 51.0 Å². The molecule has 1 saturated heterocycles. The van der Waals surface area contributed by atoms with Gasteiger partial charge in [0.1, 0.15) is 4.75 Å². The maximum absolute atomic E-state index is 13.5. The first-order valence-electron chi connectivity index (χ1n) is 16.1. The summed E-state index contributed by atoms with van der Waals surface area (Å²) in [6.07, 6.45) is 0.00715. The average Bonchev–Trinajstić information content (AvgIpc) is 3.96. The van der Waals surface area contributed by atoms with E-state index in [1.165, 1.54) is 24.3 Å². The number of nitrogens with one attached hydrogen (secondary N) is 3. The third kappa shape index (κ3) is 7.03. The van der Waals surface area contributed by atoms with Crippen LogP contribution < -0.4 is 25.8 Å². The molecule has 3 aromatic rings. The Kier molecular flexibility index (Phi) is 8.58. The van der Waals surface area contributed by atoms with E-state index in [-0.39, 0.29) is 30.0 Å². The van der Waals surface area contributed by atoms with E-state index in [1.807, 2.05) is 17.0 Å². The molecule has 0 unspecified atom stereocenters. The third-order valence-corrected chi connectivity index (χ3v) is 12.4. The highest BCUT2D eigenvalue weighted by Crippen LogP contribution is 2.50. The average molecular weight is 735 g/mol. The molecule has 2 aromatic carbocycles. The molecule has 18 heteroatoms. The minimum Gasteiger partial charge on any atom is -0.454 e. The van der Waals surface area contributed by atoms with E-state index >= 15 is 0 Å². The van der Waals surface area contributed by atoms with Crippen LogP contribution in [-0.4, -0.2) is 76.2 Å². The number of anilines is 3. The van der Waals surface area contributed by atoms with Gasteiger partial charge in [-0.05, 0) is 92.8 Å². The first-order chi connectivity index (χ1) is 23.6. The fraction of sp³-hybridized carbons (Fsp3) is 0.469. The Labute approximate surface area is 290 Å². The Morgan fingerprint density at radius 3 is 2.24 bits per heavy atom. The Bertz CT molecular complexity index is 1910. The molecule has 266 valence electrons. The number of amides is 2. The Balaban J connectivity index is 1.04. The zero-order valence-electron chi connectivity index (χ0n) is 26.5. The maximum atomic E-state index is 13.5. The highest BCUT2D eigenvalue weighted by molar-refractivity contribution is 7.91. The molecule has 0 radical (unpaired) electrons. The van der Waals surface area contributed by atoms with Crippen LogP contribution >= 0.6 is 11.6 Å². The number of benzene rings is 2. The number of aromatic nitrogens is 3. The van der Waals surface area contributed by atoms with Gasteiger partial charge in [0.05, 0.1) is 11.6 Å². The SMILES string of the molecule is NC(=O)[C@@H]1C[C@@H]2CC[C@@H]2N1CC1(S(=O)(=O)NC(=O)c2ccc(Nc3nc(NC4(c5ccc(Cl)cc5)CC4)nc(OCC(F)(F)F)n3)cc2)CC1. The Hall–Kier alpha value is -4.22. The zero-order valence-corrected chi connectivity index (χ0v) is 28.1. The number of ether oxygens (including phenoxy) is 1.